The number of benzene rings is 10. The van der Waals surface area contributed by atoms with E-state index in [4.69, 9.17) is 4.74 Å². The Labute approximate surface area is 325 Å². The Morgan fingerprint density at radius 1 is 0.321 bits per heavy atom. The van der Waals surface area contributed by atoms with Crippen LogP contribution in [0.2, 0.25) is 0 Å². The van der Waals surface area contributed by atoms with E-state index in [1.807, 2.05) is 6.07 Å². The summed E-state index contributed by atoms with van der Waals surface area (Å²) in [5, 5.41) is 7.40. The quantitative estimate of drug-likeness (QED) is 0.177. The summed E-state index contributed by atoms with van der Waals surface area (Å²) in [7, 11) is 0. The molecule has 0 amide bonds. The van der Waals surface area contributed by atoms with Crippen molar-refractivity contribution in [1.29, 1.82) is 0 Å². The van der Waals surface area contributed by atoms with E-state index in [1.54, 1.807) is 0 Å². The standard InChI is InChI=1S/C55H34O/c1-3-15-39(16-4-1)55(40-17-5-2-6-18-40)49-31-29-43-41(37-26-25-35-13-7-8-14-36(35)33-37)20-11-22-46(43)53(49)48-28-27-38(34-50(48)55)42-30-32-52-54-45(42)21-12-23-47(54)44-19-9-10-24-51(44)56-52/h1-34H. The van der Waals surface area contributed by atoms with Crippen molar-refractivity contribution in [2.75, 3.05) is 0 Å². The largest absolute Gasteiger partial charge is 0.456 e. The molecule has 10 aromatic rings. The first kappa shape index (κ1) is 31.2. The van der Waals surface area contributed by atoms with Crippen LogP contribution in [0.4, 0.5) is 0 Å². The first-order valence-corrected chi connectivity index (χ1v) is 19.4. The predicted molar refractivity (Wildman–Crippen MR) is 233 cm³/mol. The van der Waals surface area contributed by atoms with Crippen LogP contribution in [-0.4, -0.2) is 0 Å². The van der Waals surface area contributed by atoms with Crippen LogP contribution >= 0.6 is 0 Å². The van der Waals surface area contributed by atoms with E-state index in [9.17, 15) is 0 Å². The second kappa shape index (κ2) is 11.9. The molecule has 0 aromatic heterocycles. The van der Waals surface area contributed by atoms with Crippen molar-refractivity contribution in [1.82, 2.24) is 0 Å². The van der Waals surface area contributed by atoms with Crippen molar-refractivity contribution in [3.05, 3.63) is 229 Å². The Balaban J connectivity index is 1.15. The second-order valence-corrected chi connectivity index (χ2v) is 15.1. The normalized spacial score (nSPS) is 13.3. The van der Waals surface area contributed by atoms with Crippen molar-refractivity contribution < 1.29 is 4.74 Å². The molecule has 0 saturated carbocycles. The molecule has 0 spiro atoms. The van der Waals surface area contributed by atoms with Crippen molar-refractivity contribution in [2.24, 2.45) is 0 Å². The van der Waals surface area contributed by atoms with E-state index in [0.717, 1.165) is 22.4 Å². The van der Waals surface area contributed by atoms with E-state index in [-0.39, 0.29) is 0 Å². The van der Waals surface area contributed by atoms with E-state index in [2.05, 4.69) is 200 Å². The van der Waals surface area contributed by atoms with Crippen LogP contribution in [0.3, 0.4) is 0 Å². The molecule has 0 bridgehead atoms. The Morgan fingerprint density at radius 3 is 1.77 bits per heavy atom. The summed E-state index contributed by atoms with van der Waals surface area (Å²) >= 11 is 0. The Morgan fingerprint density at radius 2 is 0.946 bits per heavy atom. The van der Waals surface area contributed by atoms with Gasteiger partial charge in [-0.15, -0.1) is 0 Å². The molecular weight excluding hydrogens is 677 g/mol. The lowest BCUT2D eigenvalue weighted by Crippen LogP contribution is -2.28. The van der Waals surface area contributed by atoms with Crippen molar-refractivity contribution in [3.63, 3.8) is 0 Å². The van der Waals surface area contributed by atoms with Gasteiger partial charge in [0.2, 0.25) is 0 Å². The fraction of sp³-hybridized carbons (Fsp3) is 0.0182. The van der Waals surface area contributed by atoms with E-state index in [1.165, 1.54) is 88.1 Å². The lowest BCUT2D eigenvalue weighted by molar-refractivity contribution is 0.487. The lowest BCUT2D eigenvalue weighted by Gasteiger charge is -2.34. The van der Waals surface area contributed by atoms with Gasteiger partial charge in [0, 0.05) is 10.9 Å². The zero-order chi connectivity index (χ0) is 36.8. The van der Waals surface area contributed by atoms with Crippen LogP contribution in [0, 0.1) is 0 Å². The lowest BCUT2D eigenvalue weighted by atomic mass is 9.67. The molecule has 2 aliphatic rings. The highest BCUT2D eigenvalue weighted by atomic mass is 16.5. The average molecular weight is 711 g/mol. The Bertz CT molecular complexity index is 3170. The maximum Gasteiger partial charge on any atom is 0.135 e. The number of hydrogen-bond acceptors (Lipinski definition) is 1. The van der Waals surface area contributed by atoms with E-state index >= 15 is 0 Å². The zero-order valence-corrected chi connectivity index (χ0v) is 30.5. The molecule has 12 rings (SSSR count). The molecule has 10 aromatic carbocycles. The van der Waals surface area contributed by atoms with Crippen molar-refractivity contribution >= 4 is 32.3 Å². The number of ether oxygens (including phenoxy) is 1. The maximum atomic E-state index is 6.51. The highest BCUT2D eigenvalue weighted by Gasteiger charge is 2.47. The summed E-state index contributed by atoms with van der Waals surface area (Å²) in [6, 6.07) is 76.0. The van der Waals surface area contributed by atoms with Gasteiger partial charge in [-0.3, -0.25) is 0 Å². The van der Waals surface area contributed by atoms with Gasteiger partial charge in [0.1, 0.15) is 11.5 Å². The van der Waals surface area contributed by atoms with Gasteiger partial charge >= 0.3 is 0 Å². The van der Waals surface area contributed by atoms with E-state index in [0.29, 0.717) is 0 Å². The summed E-state index contributed by atoms with van der Waals surface area (Å²) in [5.74, 6) is 1.81. The number of fused-ring (bicyclic) bond motifs is 8. The minimum absolute atomic E-state index is 0.537. The minimum atomic E-state index is -0.537. The first-order chi connectivity index (χ1) is 27.8. The van der Waals surface area contributed by atoms with Gasteiger partial charge in [0.15, 0.2) is 0 Å². The van der Waals surface area contributed by atoms with Crippen LogP contribution < -0.4 is 4.74 Å². The molecule has 0 saturated heterocycles. The van der Waals surface area contributed by atoms with Gasteiger partial charge in [0.05, 0.1) is 5.41 Å². The number of rotatable bonds is 4. The van der Waals surface area contributed by atoms with Gasteiger partial charge in [0.25, 0.3) is 0 Å². The molecular formula is C55H34O. The molecule has 260 valence electrons. The molecule has 1 aliphatic heterocycles. The van der Waals surface area contributed by atoms with Crippen molar-refractivity contribution in [3.8, 4) is 56.0 Å². The second-order valence-electron chi connectivity index (χ2n) is 15.1. The third-order valence-corrected chi connectivity index (χ3v) is 12.3. The molecule has 1 aliphatic carbocycles. The monoisotopic (exact) mass is 710 g/mol. The molecule has 0 N–H and O–H groups in total. The highest BCUT2D eigenvalue weighted by Crippen LogP contribution is 2.59. The molecule has 0 fully saturated rings. The SMILES string of the molecule is c1ccc(C2(c3ccccc3)c3cc(-c4ccc5c6c(cccc46)-c4ccccc4O5)ccc3-c3c2ccc2c(-c4ccc5ccccc5c4)cccc32)cc1. The zero-order valence-electron chi connectivity index (χ0n) is 30.5. The van der Waals surface area contributed by atoms with Crippen LogP contribution in [0.5, 0.6) is 11.5 Å². The third-order valence-electron chi connectivity index (χ3n) is 12.3. The van der Waals surface area contributed by atoms with Crippen LogP contribution in [-0.2, 0) is 5.41 Å². The van der Waals surface area contributed by atoms with Gasteiger partial charge < -0.3 is 4.74 Å². The molecule has 0 radical (unpaired) electrons. The topological polar surface area (TPSA) is 9.23 Å². The van der Waals surface area contributed by atoms with Gasteiger partial charge in [-0.25, -0.2) is 0 Å². The first-order valence-electron chi connectivity index (χ1n) is 19.4. The summed E-state index contributed by atoms with van der Waals surface area (Å²) in [6.45, 7) is 0. The third kappa shape index (κ3) is 4.31. The molecule has 0 unspecified atom stereocenters. The van der Waals surface area contributed by atoms with Crippen LogP contribution in [0.15, 0.2) is 206 Å². The fourth-order valence-electron chi connectivity index (χ4n) is 9.95. The van der Waals surface area contributed by atoms with Gasteiger partial charge in [-0.05, 0) is 112 Å². The highest BCUT2D eigenvalue weighted by molar-refractivity contribution is 6.12. The van der Waals surface area contributed by atoms with Crippen LogP contribution in [0.25, 0.3) is 76.8 Å². The summed E-state index contributed by atoms with van der Waals surface area (Å²) < 4.78 is 6.51. The Kier molecular flexibility index (Phi) is 6.62. The maximum absolute atomic E-state index is 6.51. The summed E-state index contributed by atoms with van der Waals surface area (Å²) in [4.78, 5) is 0. The smallest absolute Gasteiger partial charge is 0.135 e. The molecule has 1 heteroatoms. The molecule has 0 atom stereocenters. The fourth-order valence-corrected chi connectivity index (χ4v) is 9.95. The van der Waals surface area contributed by atoms with Gasteiger partial charge in [-0.2, -0.15) is 0 Å². The molecule has 1 nitrogen and oxygen atoms in total. The summed E-state index contributed by atoms with van der Waals surface area (Å²) in [6.07, 6.45) is 0. The average Bonchev–Trinajstić information content (AvgIpc) is 3.57. The minimum Gasteiger partial charge on any atom is -0.456 e. The predicted octanol–water partition coefficient (Wildman–Crippen LogP) is 14.6. The molecule has 56 heavy (non-hydrogen) atoms. The van der Waals surface area contributed by atoms with E-state index < -0.39 is 5.41 Å². The summed E-state index contributed by atoms with van der Waals surface area (Å²) in [5.41, 5.74) is 14.4. The number of para-hydroxylation sites is 1. The van der Waals surface area contributed by atoms with Crippen molar-refractivity contribution in [2.45, 2.75) is 5.41 Å². The molecule has 1 heterocycles. The van der Waals surface area contributed by atoms with Gasteiger partial charge in [-0.1, -0.05) is 182 Å². The number of hydrogen-bond donors (Lipinski definition) is 0. The Hall–Kier alpha value is -7.22. The van der Waals surface area contributed by atoms with Crippen LogP contribution in [0.1, 0.15) is 22.3 Å².